The van der Waals surface area contributed by atoms with Crippen LogP contribution in [0.5, 0.6) is 0 Å². The van der Waals surface area contributed by atoms with Gasteiger partial charge < -0.3 is 0 Å². The van der Waals surface area contributed by atoms with Crippen molar-refractivity contribution in [3.63, 3.8) is 0 Å². The molecule has 0 aliphatic carbocycles. The van der Waals surface area contributed by atoms with Gasteiger partial charge in [-0.1, -0.05) is 6.92 Å². The third-order valence-corrected chi connectivity index (χ3v) is 2.05. The van der Waals surface area contributed by atoms with Crippen molar-refractivity contribution in [2.75, 3.05) is 0 Å². The van der Waals surface area contributed by atoms with Crippen LogP contribution in [0.25, 0.3) is 11.0 Å². The number of alkyl halides is 2. The van der Waals surface area contributed by atoms with Crippen LogP contribution >= 0.6 is 0 Å². The first kappa shape index (κ1) is 9.95. The van der Waals surface area contributed by atoms with Gasteiger partial charge in [-0.25, -0.2) is 23.4 Å². The van der Waals surface area contributed by atoms with Crippen LogP contribution in [0, 0.1) is 0 Å². The first-order chi connectivity index (χ1) is 7.20. The third-order valence-electron chi connectivity index (χ3n) is 2.05. The van der Waals surface area contributed by atoms with Crippen molar-refractivity contribution in [3.05, 3.63) is 18.2 Å². The summed E-state index contributed by atoms with van der Waals surface area (Å²) in [6, 6.07) is 0. The van der Waals surface area contributed by atoms with Gasteiger partial charge in [0.25, 0.3) is 6.43 Å². The van der Waals surface area contributed by atoms with E-state index in [9.17, 15) is 8.78 Å². The number of aromatic nitrogens is 4. The van der Waals surface area contributed by atoms with Crippen LogP contribution in [-0.2, 0) is 13.0 Å². The van der Waals surface area contributed by atoms with Gasteiger partial charge >= 0.3 is 0 Å². The lowest BCUT2D eigenvalue weighted by Gasteiger charge is -2.01. The lowest BCUT2D eigenvalue weighted by atomic mass is 10.4. The summed E-state index contributed by atoms with van der Waals surface area (Å²) in [6.45, 7) is 1.48. The van der Waals surface area contributed by atoms with Crippen LogP contribution in [0.2, 0.25) is 0 Å². The summed E-state index contributed by atoms with van der Waals surface area (Å²) in [4.78, 5) is 8.23. The second-order valence-electron chi connectivity index (χ2n) is 3.14. The van der Waals surface area contributed by atoms with Gasteiger partial charge in [0.15, 0.2) is 5.65 Å². The Morgan fingerprint density at radius 1 is 1.40 bits per heavy atom. The molecule has 0 radical (unpaired) electrons. The van der Waals surface area contributed by atoms with Crippen molar-refractivity contribution in [3.8, 4) is 0 Å². The summed E-state index contributed by atoms with van der Waals surface area (Å²) in [5, 5.41) is 4.53. The molecule has 0 aliphatic rings. The minimum Gasteiger partial charge on any atom is -0.241 e. The van der Waals surface area contributed by atoms with Gasteiger partial charge in [-0.05, 0) is 0 Å². The summed E-state index contributed by atoms with van der Waals surface area (Å²) in [6.07, 6.45) is 1.36. The molecule has 2 aromatic heterocycles. The predicted octanol–water partition coefficient (Wildman–Crippen LogP) is 1.65. The van der Waals surface area contributed by atoms with Gasteiger partial charge in [-0.3, -0.25) is 0 Å². The smallest absolute Gasteiger partial charge is 0.241 e. The largest absolute Gasteiger partial charge is 0.258 e. The third kappa shape index (κ3) is 1.93. The molecular weight excluding hydrogens is 202 g/mol. The van der Waals surface area contributed by atoms with Crippen LogP contribution < -0.4 is 0 Å². The van der Waals surface area contributed by atoms with Crippen molar-refractivity contribution < 1.29 is 8.78 Å². The Morgan fingerprint density at radius 3 is 2.87 bits per heavy atom. The maximum absolute atomic E-state index is 12.2. The van der Waals surface area contributed by atoms with Gasteiger partial charge in [-0.15, -0.1) is 0 Å². The first-order valence-corrected chi connectivity index (χ1v) is 4.66. The molecule has 0 amide bonds. The normalized spacial score (nSPS) is 11.5. The van der Waals surface area contributed by atoms with Crippen LogP contribution in [0.4, 0.5) is 8.78 Å². The molecule has 4 nitrogen and oxygen atoms in total. The van der Waals surface area contributed by atoms with Crippen molar-refractivity contribution >= 4 is 11.0 Å². The molecule has 6 heteroatoms. The topological polar surface area (TPSA) is 43.6 Å². The molecule has 0 unspecified atom stereocenters. The molecule has 0 atom stereocenters. The van der Waals surface area contributed by atoms with Crippen molar-refractivity contribution in [1.82, 2.24) is 19.7 Å². The molecule has 2 rings (SSSR count). The minimum atomic E-state index is -2.42. The van der Waals surface area contributed by atoms with Crippen LogP contribution in [-0.4, -0.2) is 26.2 Å². The number of hydrogen-bond acceptors (Lipinski definition) is 3. The van der Waals surface area contributed by atoms with E-state index in [0.29, 0.717) is 23.3 Å². The maximum Gasteiger partial charge on any atom is 0.258 e. The van der Waals surface area contributed by atoms with E-state index in [1.807, 2.05) is 6.92 Å². The van der Waals surface area contributed by atoms with E-state index in [1.54, 1.807) is 6.20 Å². The Bertz CT molecular complexity index is 466. The van der Waals surface area contributed by atoms with Crippen LogP contribution in [0.1, 0.15) is 12.7 Å². The zero-order valence-corrected chi connectivity index (χ0v) is 8.19. The molecular formula is C9H10F2N4. The number of hydrogen-bond donors (Lipinski definition) is 0. The van der Waals surface area contributed by atoms with E-state index in [1.165, 1.54) is 10.9 Å². The van der Waals surface area contributed by atoms with Crippen molar-refractivity contribution in [2.24, 2.45) is 0 Å². The van der Waals surface area contributed by atoms with Crippen LogP contribution in [0.15, 0.2) is 12.4 Å². The molecule has 2 aromatic rings. The summed E-state index contributed by atoms with van der Waals surface area (Å²) >= 11 is 0. The maximum atomic E-state index is 12.2. The van der Waals surface area contributed by atoms with Crippen molar-refractivity contribution in [1.29, 1.82) is 0 Å². The average Bonchev–Trinajstić information content (AvgIpc) is 2.60. The van der Waals surface area contributed by atoms with E-state index in [-0.39, 0.29) is 0 Å². The van der Waals surface area contributed by atoms with E-state index >= 15 is 0 Å². The highest BCUT2D eigenvalue weighted by Crippen LogP contribution is 2.11. The van der Waals surface area contributed by atoms with Gasteiger partial charge in [0.2, 0.25) is 0 Å². The number of nitrogens with zero attached hydrogens (tertiary/aromatic N) is 4. The number of fused-ring (bicyclic) bond motifs is 1. The highest BCUT2D eigenvalue weighted by atomic mass is 19.3. The molecule has 0 aliphatic heterocycles. The summed E-state index contributed by atoms with van der Waals surface area (Å²) < 4.78 is 25.6. The molecule has 0 saturated carbocycles. The predicted molar refractivity (Wildman–Crippen MR) is 50.7 cm³/mol. The molecule has 0 saturated heterocycles. The van der Waals surface area contributed by atoms with Crippen molar-refractivity contribution in [2.45, 2.75) is 26.3 Å². The van der Waals surface area contributed by atoms with Gasteiger partial charge in [0, 0.05) is 12.6 Å². The molecule has 80 valence electrons. The molecule has 0 fully saturated rings. The lowest BCUT2D eigenvalue weighted by molar-refractivity contribution is 0.123. The number of rotatable bonds is 3. The lowest BCUT2D eigenvalue weighted by Crippen LogP contribution is -2.09. The van der Waals surface area contributed by atoms with Gasteiger partial charge in [-0.2, -0.15) is 5.10 Å². The molecule has 0 N–H and O–H groups in total. The second-order valence-corrected chi connectivity index (χ2v) is 3.14. The Morgan fingerprint density at radius 2 is 2.20 bits per heavy atom. The summed E-state index contributed by atoms with van der Waals surface area (Å²) in [5.74, 6) is 0.638. The fourth-order valence-electron chi connectivity index (χ4n) is 1.34. The Hall–Kier alpha value is -1.59. The molecule has 0 spiro atoms. The van der Waals surface area contributed by atoms with Gasteiger partial charge in [0.1, 0.15) is 12.4 Å². The standard InChI is InChI=1S/C9H10F2N4/c1-2-8-12-3-6-4-13-15(5-7(10)11)9(6)14-8/h3-4,7H,2,5H2,1H3. The Labute approximate surface area is 85.0 Å². The highest BCUT2D eigenvalue weighted by Gasteiger charge is 2.10. The zero-order chi connectivity index (χ0) is 10.8. The first-order valence-electron chi connectivity index (χ1n) is 4.66. The number of aryl methyl sites for hydroxylation is 1. The summed E-state index contributed by atoms with van der Waals surface area (Å²) in [5.41, 5.74) is 0.474. The monoisotopic (exact) mass is 212 g/mol. The fourth-order valence-corrected chi connectivity index (χ4v) is 1.34. The van der Waals surface area contributed by atoms with E-state index in [0.717, 1.165) is 0 Å². The van der Waals surface area contributed by atoms with E-state index in [4.69, 9.17) is 0 Å². The quantitative estimate of drug-likeness (QED) is 0.777. The van der Waals surface area contributed by atoms with E-state index in [2.05, 4.69) is 15.1 Å². The summed E-state index contributed by atoms with van der Waals surface area (Å²) in [7, 11) is 0. The minimum absolute atomic E-state index is 0.427. The molecule has 0 bridgehead atoms. The zero-order valence-electron chi connectivity index (χ0n) is 8.19. The van der Waals surface area contributed by atoms with Gasteiger partial charge in [0.05, 0.1) is 11.6 Å². The second kappa shape index (κ2) is 3.88. The SMILES string of the molecule is CCc1ncc2cnn(CC(F)F)c2n1. The number of halogens is 2. The average molecular weight is 212 g/mol. The molecule has 2 heterocycles. The fraction of sp³-hybridized carbons (Fsp3) is 0.444. The highest BCUT2D eigenvalue weighted by molar-refractivity contribution is 5.73. The molecule has 15 heavy (non-hydrogen) atoms. The Balaban J connectivity index is 2.46. The molecule has 0 aromatic carbocycles. The van der Waals surface area contributed by atoms with Crippen LogP contribution in [0.3, 0.4) is 0 Å². The van der Waals surface area contributed by atoms with E-state index < -0.39 is 13.0 Å². The Kier molecular flexibility index (Phi) is 2.57.